The minimum absolute atomic E-state index is 0.0621. The number of nitrogens with zero attached hydrogens (tertiary/aromatic N) is 3. The van der Waals surface area contributed by atoms with Crippen LogP contribution in [0.25, 0.3) is 0 Å². The summed E-state index contributed by atoms with van der Waals surface area (Å²) < 4.78 is 29.6. The van der Waals surface area contributed by atoms with Crippen molar-refractivity contribution in [3.05, 3.63) is 47.8 Å². The number of aryl methyl sites for hydroxylation is 1. The lowest BCUT2D eigenvalue weighted by atomic mass is 9.92. The normalized spacial score (nSPS) is 20.5. The molecule has 30 heavy (non-hydrogen) atoms. The minimum Gasteiger partial charge on any atom is -0.373 e. The van der Waals surface area contributed by atoms with E-state index in [2.05, 4.69) is 15.3 Å². The second-order valence-electron chi connectivity index (χ2n) is 7.95. The molecule has 2 aliphatic rings. The molecule has 0 bridgehead atoms. The van der Waals surface area contributed by atoms with E-state index in [0.29, 0.717) is 50.5 Å². The number of sulfone groups is 1. The van der Waals surface area contributed by atoms with Crippen LogP contribution in [0.5, 0.6) is 0 Å². The summed E-state index contributed by atoms with van der Waals surface area (Å²) >= 11 is 0. The van der Waals surface area contributed by atoms with Crippen LogP contribution in [0.4, 0.5) is 11.6 Å². The van der Waals surface area contributed by atoms with Crippen molar-refractivity contribution < 1.29 is 17.9 Å². The number of carbonyl (C=O) groups excluding carboxylic acids is 1. The van der Waals surface area contributed by atoms with Gasteiger partial charge in [-0.25, -0.2) is 18.4 Å². The molecule has 1 aromatic heterocycles. The molecule has 0 aliphatic carbocycles. The molecule has 0 atom stereocenters. The lowest BCUT2D eigenvalue weighted by Crippen LogP contribution is -2.42. The molecule has 1 amide bonds. The van der Waals surface area contributed by atoms with E-state index < -0.39 is 15.4 Å². The van der Waals surface area contributed by atoms with Gasteiger partial charge in [0.25, 0.3) is 5.91 Å². The van der Waals surface area contributed by atoms with Crippen molar-refractivity contribution in [3.8, 4) is 0 Å². The molecule has 3 heterocycles. The summed E-state index contributed by atoms with van der Waals surface area (Å²) in [6, 6.07) is 9.10. The number of hydrogen-bond donors (Lipinski definition) is 1. The molecule has 0 unspecified atom stereocenters. The first-order valence-electron chi connectivity index (χ1n) is 10.1. The maximum absolute atomic E-state index is 13.1. The van der Waals surface area contributed by atoms with Gasteiger partial charge in [-0.3, -0.25) is 4.79 Å². The predicted molar refractivity (Wildman–Crippen MR) is 114 cm³/mol. The fourth-order valence-corrected chi connectivity index (χ4v) is 5.52. The van der Waals surface area contributed by atoms with Crippen molar-refractivity contribution in [2.45, 2.75) is 31.8 Å². The number of anilines is 2. The van der Waals surface area contributed by atoms with Crippen LogP contribution in [0, 0.1) is 6.92 Å². The Bertz CT molecular complexity index is 1030. The molecule has 2 aromatic rings. The van der Waals surface area contributed by atoms with Crippen molar-refractivity contribution in [2.75, 3.05) is 36.5 Å². The zero-order chi connectivity index (χ0) is 21.2. The van der Waals surface area contributed by atoms with Gasteiger partial charge in [0.15, 0.2) is 9.84 Å². The van der Waals surface area contributed by atoms with E-state index in [9.17, 15) is 13.2 Å². The van der Waals surface area contributed by atoms with E-state index in [1.54, 1.807) is 23.2 Å². The number of benzene rings is 1. The summed E-state index contributed by atoms with van der Waals surface area (Å²) in [7, 11) is -2.95. The molecule has 1 spiro atoms. The summed E-state index contributed by atoms with van der Waals surface area (Å²) in [6.07, 6.45) is 3.35. The predicted octanol–water partition coefficient (Wildman–Crippen LogP) is 2.34. The van der Waals surface area contributed by atoms with Crippen LogP contribution in [0.3, 0.4) is 0 Å². The first kappa shape index (κ1) is 20.7. The summed E-state index contributed by atoms with van der Waals surface area (Å²) in [5, 5.41) is 3.13. The quantitative estimate of drug-likeness (QED) is 0.797. The largest absolute Gasteiger partial charge is 0.373 e. The van der Waals surface area contributed by atoms with Gasteiger partial charge < -0.3 is 15.0 Å². The number of rotatable bonds is 3. The smallest absolute Gasteiger partial charge is 0.254 e. The van der Waals surface area contributed by atoms with Gasteiger partial charge >= 0.3 is 0 Å². The van der Waals surface area contributed by atoms with E-state index >= 15 is 0 Å². The van der Waals surface area contributed by atoms with Gasteiger partial charge in [0.1, 0.15) is 0 Å². The molecule has 2 saturated heterocycles. The van der Waals surface area contributed by atoms with Crippen molar-refractivity contribution in [1.82, 2.24) is 14.9 Å². The average molecular weight is 431 g/mol. The molecular formula is C21H26N4O4S. The Hall–Kier alpha value is -2.52. The van der Waals surface area contributed by atoms with Crippen LogP contribution in [-0.2, 0) is 14.6 Å². The van der Waals surface area contributed by atoms with Crippen LogP contribution in [0.1, 0.15) is 35.3 Å². The molecular weight excluding hydrogens is 404 g/mol. The van der Waals surface area contributed by atoms with Gasteiger partial charge in [0.05, 0.1) is 23.7 Å². The van der Waals surface area contributed by atoms with Gasteiger partial charge in [-0.1, -0.05) is 6.07 Å². The number of nitrogens with one attached hydrogen (secondary N) is 1. The first-order chi connectivity index (χ1) is 14.3. The minimum atomic E-state index is -2.95. The van der Waals surface area contributed by atoms with Crippen molar-refractivity contribution in [2.24, 2.45) is 0 Å². The van der Waals surface area contributed by atoms with Crippen molar-refractivity contribution >= 4 is 27.4 Å². The molecule has 160 valence electrons. The zero-order valence-corrected chi connectivity index (χ0v) is 17.8. The highest BCUT2D eigenvalue weighted by Crippen LogP contribution is 2.33. The fourth-order valence-electron chi connectivity index (χ4n) is 3.95. The molecule has 2 fully saturated rings. The molecule has 0 radical (unpaired) electrons. The maximum Gasteiger partial charge on any atom is 0.254 e. The van der Waals surface area contributed by atoms with E-state index in [0.717, 1.165) is 11.4 Å². The number of amides is 1. The van der Waals surface area contributed by atoms with Crippen molar-refractivity contribution in [1.29, 1.82) is 0 Å². The van der Waals surface area contributed by atoms with E-state index in [4.69, 9.17) is 4.74 Å². The highest BCUT2D eigenvalue weighted by atomic mass is 32.2. The Morgan fingerprint density at radius 1 is 1.17 bits per heavy atom. The third-order valence-electron chi connectivity index (χ3n) is 5.79. The Morgan fingerprint density at radius 2 is 1.97 bits per heavy atom. The number of hydrogen-bond acceptors (Lipinski definition) is 7. The Balaban J connectivity index is 1.43. The SMILES string of the molecule is Cc1ccnc(Nc2cccc(C(=O)N3CCOC4(CC3)CCS(=O)(=O)CC4)c2)n1. The molecule has 0 saturated carbocycles. The second kappa shape index (κ2) is 8.31. The Morgan fingerprint density at radius 3 is 2.73 bits per heavy atom. The fraction of sp³-hybridized carbons (Fsp3) is 0.476. The Labute approximate surface area is 176 Å². The first-order valence-corrected chi connectivity index (χ1v) is 12.0. The lowest BCUT2D eigenvalue weighted by Gasteiger charge is -2.35. The third kappa shape index (κ3) is 4.79. The summed E-state index contributed by atoms with van der Waals surface area (Å²) in [5.41, 5.74) is 1.75. The van der Waals surface area contributed by atoms with Gasteiger partial charge in [0.2, 0.25) is 5.95 Å². The van der Waals surface area contributed by atoms with Gasteiger partial charge in [-0.05, 0) is 50.5 Å². The topological polar surface area (TPSA) is 101 Å². The molecule has 8 nitrogen and oxygen atoms in total. The van der Waals surface area contributed by atoms with E-state index in [1.807, 2.05) is 25.1 Å². The van der Waals surface area contributed by atoms with Gasteiger partial charge in [-0.15, -0.1) is 0 Å². The van der Waals surface area contributed by atoms with Gasteiger partial charge in [-0.2, -0.15) is 0 Å². The zero-order valence-electron chi connectivity index (χ0n) is 17.0. The monoisotopic (exact) mass is 430 g/mol. The molecule has 2 aliphatic heterocycles. The summed E-state index contributed by atoms with van der Waals surface area (Å²) in [6.45, 7) is 3.35. The highest BCUT2D eigenvalue weighted by molar-refractivity contribution is 7.91. The van der Waals surface area contributed by atoms with Gasteiger partial charge in [0, 0.05) is 36.2 Å². The standard InChI is InChI=1S/C21H26N4O4S/c1-16-5-9-22-20(23-16)24-18-4-2-3-17(15-18)19(26)25-10-6-21(29-12-11-25)7-13-30(27,28)14-8-21/h2-5,9,15H,6-8,10-14H2,1H3,(H,22,23,24). The summed E-state index contributed by atoms with van der Waals surface area (Å²) in [4.78, 5) is 23.4. The average Bonchev–Trinajstić information content (AvgIpc) is 2.93. The third-order valence-corrected chi connectivity index (χ3v) is 7.44. The molecule has 4 rings (SSSR count). The van der Waals surface area contributed by atoms with E-state index in [-0.39, 0.29) is 17.4 Å². The Kier molecular flexibility index (Phi) is 5.75. The maximum atomic E-state index is 13.1. The molecule has 1 N–H and O–H groups in total. The lowest BCUT2D eigenvalue weighted by molar-refractivity contribution is -0.0449. The highest BCUT2D eigenvalue weighted by Gasteiger charge is 2.40. The van der Waals surface area contributed by atoms with Crippen LogP contribution in [0.2, 0.25) is 0 Å². The van der Waals surface area contributed by atoms with Crippen molar-refractivity contribution in [3.63, 3.8) is 0 Å². The van der Waals surface area contributed by atoms with Crippen LogP contribution in [-0.4, -0.2) is 66.0 Å². The molecule has 9 heteroatoms. The number of aromatic nitrogens is 2. The summed E-state index contributed by atoms with van der Waals surface area (Å²) in [5.74, 6) is 0.746. The van der Waals surface area contributed by atoms with Crippen LogP contribution >= 0.6 is 0 Å². The second-order valence-corrected chi connectivity index (χ2v) is 10.3. The van der Waals surface area contributed by atoms with E-state index in [1.165, 1.54) is 0 Å². The van der Waals surface area contributed by atoms with Crippen LogP contribution in [0.15, 0.2) is 36.5 Å². The molecule has 1 aromatic carbocycles. The number of carbonyl (C=O) groups is 1. The number of ether oxygens (including phenoxy) is 1. The van der Waals surface area contributed by atoms with Crippen LogP contribution < -0.4 is 5.32 Å².